The summed E-state index contributed by atoms with van der Waals surface area (Å²) < 4.78 is 0. The van der Waals surface area contributed by atoms with E-state index in [0.717, 1.165) is 45.3 Å². The fourth-order valence-corrected chi connectivity index (χ4v) is 3.70. The van der Waals surface area contributed by atoms with E-state index < -0.39 is 0 Å². The van der Waals surface area contributed by atoms with E-state index in [4.69, 9.17) is 0 Å². The van der Waals surface area contributed by atoms with Crippen LogP contribution >= 0.6 is 0 Å². The maximum absolute atomic E-state index is 9.82. The molecule has 1 aromatic rings. The lowest BCUT2D eigenvalue weighted by Crippen LogP contribution is -2.49. The van der Waals surface area contributed by atoms with Gasteiger partial charge < -0.3 is 20.0 Å². The summed E-state index contributed by atoms with van der Waals surface area (Å²) in [5.74, 6) is 0.332. The zero-order valence-corrected chi connectivity index (χ0v) is 14.8. The number of likely N-dealkylation sites (tertiary alicyclic amines) is 1. The highest BCUT2D eigenvalue weighted by Crippen LogP contribution is 2.32. The van der Waals surface area contributed by atoms with Gasteiger partial charge in [0.25, 0.3) is 0 Å². The molecule has 2 rings (SSSR count). The van der Waals surface area contributed by atoms with Crippen LogP contribution in [0.3, 0.4) is 0 Å². The fourth-order valence-electron chi connectivity index (χ4n) is 3.70. The molecule has 0 amide bonds. The normalized spacial score (nSPS) is 19.9. The van der Waals surface area contributed by atoms with E-state index in [1.807, 2.05) is 12.1 Å². The molecule has 1 fully saturated rings. The molecule has 0 aliphatic carbocycles. The van der Waals surface area contributed by atoms with E-state index in [-0.39, 0.29) is 5.41 Å². The largest absolute Gasteiger partial charge is 0.508 e. The summed E-state index contributed by atoms with van der Waals surface area (Å²) in [7, 11) is 4.17. The van der Waals surface area contributed by atoms with Crippen molar-refractivity contribution in [1.29, 1.82) is 0 Å². The maximum Gasteiger partial charge on any atom is 0.115 e. The maximum atomic E-state index is 9.82. The second-order valence-corrected chi connectivity index (χ2v) is 7.49. The van der Waals surface area contributed by atoms with Crippen molar-refractivity contribution in [2.45, 2.75) is 38.6 Å². The van der Waals surface area contributed by atoms with Crippen molar-refractivity contribution in [3.05, 3.63) is 29.8 Å². The Morgan fingerprint density at radius 3 is 2.30 bits per heavy atom. The molecule has 23 heavy (non-hydrogen) atoms. The second kappa shape index (κ2) is 8.13. The topological polar surface area (TPSA) is 46.9 Å². The Morgan fingerprint density at radius 1 is 1.17 bits per heavy atom. The van der Waals surface area contributed by atoms with E-state index in [1.54, 1.807) is 12.1 Å². The van der Waals surface area contributed by atoms with Crippen LogP contribution in [0.5, 0.6) is 5.75 Å². The Labute approximate surface area is 140 Å². The number of nitrogens with zero attached hydrogens (tertiary/aromatic N) is 2. The summed E-state index contributed by atoms with van der Waals surface area (Å²) in [5.41, 5.74) is 1.36. The molecule has 2 N–H and O–H groups in total. The van der Waals surface area contributed by atoms with Crippen LogP contribution in [0.25, 0.3) is 0 Å². The summed E-state index contributed by atoms with van der Waals surface area (Å²) in [5, 5.41) is 19.2. The second-order valence-electron chi connectivity index (χ2n) is 7.49. The SMILES string of the molecule is CC(CCc1ccc(O)cc1)N1CCC(CO)(CN(C)C)CC1. The minimum Gasteiger partial charge on any atom is -0.508 e. The van der Waals surface area contributed by atoms with Gasteiger partial charge in [0.15, 0.2) is 0 Å². The van der Waals surface area contributed by atoms with Crippen molar-refractivity contribution in [3.8, 4) is 5.75 Å². The van der Waals surface area contributed by atoms with Crippen LogP contribution in [-0.4, -0.2) is 66.4 Å². The summed E-state index contributed by atoms with van der Waals surface area (Å²) in [6, 6.07) is 8.09. The Bertz CT molecular complexity index is 465. The van der Waals surface area contributed by atoms with Gasteiger partial charge in [-0.05, 0) is 77.5 Å². The van der Waals surface area contributed by atoms with E-state index in [0.29, 0.717) is 18.4 Å². The molecule has 0 bridgehead atoms. The molecule has 1 heterocycles. The van der Waals surface area contributed by atoms with Gasteiger partial charge in [0.2, 0.25) is 0 Å². The van der Waals surface area contributed by atoms with Crippen LogP contribution in [0.4, 0.5) is 0 Å². The van der Waals surface area contributed by atoms with E-state index in [9.17, 15) is 10.2 Å². The van der Waals surface area contributed by atoms with Crippen LogP contribution in [0, 0.1) is 5.41 Å². The quantitative estimate of drug-likeness (QED) is 0.809. The fraction of sp³-hybridized carbons (Fsp3) is 0.684. The Morgan fingerprint density at radius 2 is 1.78 bits per heavy atom. The number of hydrogen-bond donors (Lipinski definition) is 2. The lowest BCUT2D eigenvalue weighted by Gasteiger charge is -2.44. The van der Waals surface area contributed by atoms with Gasteiger partial charge in [-0.1, -0.05) is 12.1 Å². The molecule has 4 nitrogen and oxygen atoms in total. The first-order chi connectivity index (χ1) is 10.9. The van der Waals surface area contributed by atoms with Crippen molar-refractivity contribution >= 4 is 0 Å². The van der Waals surface area contributed by atoms with E-state index >= 15 is 0 Å². The zero-order valence-electron chi connectivity index (χ0n) is 14.8. The molecule has 0 radical (unpaired) electrons. The molecule has 0 aromatic heterocycles. The van der Waals surface area contributed by atoms with Gasteiger partial charge >= 0.3 is 0 Å². The molecule has 130 valence electrons. The van der Waals surface area contributed by atoms with Gasteiger partial charge in [0.05, 0.1) is 6.61 Å². The van der Waals surface area contributed by atoms with Crippen molar-refractivity contribution in [2.75, 3.05) is 40.3 Å². The van der Waals surface area contributed by atoms with Gasteiger partial charge in [-0.3, -0.25) is 0 Å². The number of aliphatic hydroxyl groups excluding tert-OH is 1. The highest BCUT2D eigenvalue weighted by Gasteiger charge is 2.35. The minimum absolute atomic E-state index is 0.0800. The van der Waals surface area contributed by atoms with E-state index in [2.05, 4.69) is 30.8 Å². The van der Waals surface area contributed by atoms with Crippen LogP contribution < -0.4 is 0 Å². The monoisotopic (exact) mass is 320 g/mol. The molecule has 0 spiro atoms. The lowest BCUT2D eigenvalue weighted by atomic mass is 9.78. The molecule has 1 aliphatic rings. The first kappa shape index (κ1) is 18.2. The first-order valence-corrected chi connectivity index (χ1v) is 8.72. The molecule has 1 aliphatic heterocycles. The van der Waals surface area contributed by atoms with Crippen LogP contribution in [0.15, 0.2) is 24.3 Å². The van der Waals surface area contributed by atoms with Gasteiger partial charge in [-0.15, -0.1) is 0 Å². The lowest BCUT2D eigenvalue weighted by molar-refractivity contribution is 0.0119. The third-order valence-electron chi connectivity index (χ3n) is 5.26. The number of hydrogen-bond acceptors (Lipinski definition) is 4. The average molecular weight is 320 g/mol. The minimum atomic E-state index is 0.0800. The number of aliphatic hydroxyl groups is 1. The molecule has 1 saturated heterocycles. The van der Waals surface area contributed by atoms with Crippen LogP contribution in [-0.2, 0) is 6.42 Å². The molecular formula is C19H32N2O2. The number of aromatic hydroxyl groups is 1. The Kier molecular flexibility index (Phi) is 6.45. The summed E-state index contributed by atoms with van der Waals surface area (Å²) in [6.45, 7) is 5.72. The van der Waals surface area contributed by atoms with Crippen molar-refractivity contribution in [3.63, 3.8) is 0 Å². The molecule has 4 heteroatoms. The summed E-state index contributed by atoms with van der Waals surface area (Å²) in [6.07, 6.45) is 4.32. The van der Waals surface area contributed by atoms with Gasteiger partial charge in [0.1, 0.15) is 5.75 Å². The number of piperidine rings is 1. The highest BCUT2D eigenvalue weighted by molar-refractivity contribution is 5.25. The third kappa shape index (κ3) is 5.20. The molecule has 1 atom stereocenters. The van der Waals surface area contributed by atoms with Gasteiger partial charge in [-0.25, -0.2) is 0 Å². The Balaban J connectivity index is 1.81. The molecule has 0 saturated carbocycles. The van der Waals surface area contributed by atoms with Crippen molar-refractivity contribution in [2.24, 2.45) is 5.41 Å². The average Bonchev–Trinajstić information content (AvgIpc) is 2.54. The number of benzene rings is 1. The van der Waals surface area contributed by atoms with Crippen molar-refractivity contribution < 1.29 is 10.2 Å². The highest BCUT2D eigenvalue weighted by atomic mass is 16.3. The van der Waals surface area contributed by atoms with E-state index in [1.165, 1.54) is 5.56 Å². The predicted octanol–water partition coefficient (Wildman–Crippen LogP) is 2.35. The third-order valence-corrected chi connectivity index (χ3v) is 5.26. The first-order valence-electron chi connectivity index (χ1n) is 8.72. The smallest absolute Gasteiger partial charge is 0.115 e. The zero-order chi connectivity index (χ0) is 16.9. The predicted molar refractivity (Wildman–Crippen MR) is 94.8 cm³/mol. The number of rotatable bonds is 7. The number of phenolic OH excluding ortho intramolecular Hbond substituents is 1. The summed E-state index contributed by atoms with van der Waals surface area (Å²) >= 11 is 0. The molecular weight excluding hydrogens is 288 g/mol. The van der Waals surface area contributed by atoms with Crippen LogP contribution in [0.1, 0.15) is 31.7 Å². The number of phenols is 1. The standard InChI is InChI=1S/C19H32N2O2/c1-16(4-5-17-6-8-18(23)9-7-17)21-12-10-19(15-22,11-13-21)14-20(2)3/h6-9,16,22-23H,4-5,10-15H2,1-3H3. The van der Waals surface area contributed by atoms with Gasteiger partial charge in [0, 0.05) is 18.0 Å². The van der Waals surface area contributed by atoms with Crippen molar-refractivity contribution in [1.82, 2.24) is 9.80 Å². The molecule has 1 unspecified atom stereocenters. The Hall–Kier alpha value is -1.10. The summed E-state index contributed by atoms with van der Waals surface area (Å²) in [4.78, 5) is 4.75. The van der Waals surface area contributed by atoms with Gasteiger partial charge in [-0.2, -0.15) is 0 Å². The molecule has 1 aromatic carbocycles. The van der Waals surface area contributed by atoms with Crippen LogP contribution in [0.2, 0.25) is 0 Å². The number of aryl methyl sites for hydroxylation is 1.